The van der Waals surface area contributed by atoms with Gasteiger partial charge in [-0.05, 0) is 19.8 Å². The summed E-state index contributed by atoms with van der Waals surface area (Å²) >= 11 is 0. The molecule has 0 saturated carbocycles. The third-order valence-corrected chi connectivity index (χ3v) is 2.93. The minimum absolute atomic E-state index is 0.0533. The van der Waals surface area contributed by atoms with E-state index in [0.717, 1.165) is 11.2 Å². The number of carbonyl (C=O) groups excluding carboxylic acids is 1. The first-order valence-electron chi connectivity index (χ1n) is 6.54. The zero-order valence-electron chi connectivity index (χ0n) is 11.9. The molecule has 0 bridgehead atoms. The van der Waals surface area contributed by atoms with Crippen molar-refractivity contribution in [1.29, 1.82) is 0 Å². The summed E-state index contributed by atoms with van der Waals surface area (Å²) in [7, 11) is 0. The van der Waals surface area contributed by atoms with Crippen molar-refractivity contribution < 1.29 is 4.79 Å². The fourth-order valence-electron chi connectivity index (χ4n) is 1.46. The Morgan fingerprint density at radius 1 is 1.42 bits per heavy atom. The van der Waals surface area contributed by atoms with Crippen LogP contribution in [0.15, 0.2) is 17.1 Å². The minimum atomic E-state index is -0.286. The Kier molecular flexibility index (Phi) is 5.54. The average Bonchev–Trinajstić information content (AvgIpc) is 2.32. The quantitative estimate of drug-likeness (QED) is 0.800. The van der Waals surface area contributed by atoms with Gasteiger partial charge in [0.15, 0.2) is 0 Å². The maximum atomic E-state index is 11.8. The number of aromatic nitrogens is 2. The number of amides is 1. The molecule has 6 heteroatoms. The molecular weight excluding hydrogens is 244 g/mol. The molecule has 1 aromatic rings. The van der Waals surface area contributed by atoms with E-state index in [2.05, 4.69) is 15.7 Å². The molecule has 1 amide bonds. The van der Waals surface area contributed by atoms with Crippen LogP contribution in [0.2, 0.25) is 0 Å². The molecule has 0 saturated heterocycles. The van der Waals surface area contributed by atoms with Gasteiger partial charge in [0.05, 0.1) is 11.9 Å². The van der Waals surface area contributed by atoms with Gasteiger partial charge >= 0.3 is 0 Å². The Morgan fingerprint density at radius 2 is 2.11 bits per heavy atom. The zero-order valence-corrected chi connectivity index (χ0v) is 11.9. The van der Waals surface area contributed by atoms with Crippen molar-refractivity contribution in [1.82, 2.24) is 15.1 Å². The lowest BCUT2D eigenvalue weighted by Gasteiger charge is -2.17. The molecule has 1 atom stereocenters. The van der Waals surface area contributed by atoms with E-state index in [1.165, 1.54) is 6.07 Å². The Bertz CT molecular complexity index is 482. The maximum Gasteiger partial charge on any atom is 0.269 e. The van der Waals surface area contributed by atoms with Crippen LogP contribution in [-0.2, 0) is 11.3 Å². The second-order valence-electron chi connectivity index (χ2n) is 4.87. The fourth-order valence-corrected chi connectivity index (χ4v) is 1.46. The van der Waals surface area contributed by atoms with Gasteiger partial charge in [-0.15, -0.1) is 0 Å². The van der Waals surface area contributed by atoms with Crippen LogP contribution in [-0.4, -0.2) is 28.3 Å². The molecular formula is C13H22N4O2. The molecule has 0 aliphatic carbocycles. The summed E-state index contributed by atoms with van der Waals surface area (Å²) in [5.74, 6) is 0.150. The summed E-state index contributed by atoms with van der Waals surface area (Å²) in [6.07, 6.45) is 1.55. The number of nitrogens with one attached hydrogen (secondary N) is 2. The SMILES string of the molecule is CCNc1cnn(CC(=O)NC(C)C(C)C)c(=O)c1. The van der Waals surface area contributed by atoms with Gasteiger partial charge in [0.2, 0.25) is 5.91 Å². The van der Waals surface area contributed by atoms with E-state index in [-0.39, 0.29) is 24.1 Å². The van der Waals surface area contributed by atoms with E-state index in [4.69, 9.17) is 0 Å². The lowest BCUT2D eigenvalue weighted by atomic mass is 10.1. The summed E-state index contributed by atoms with van der Waals surface area (Å²) in [6, 6.07) is 1.51. The van der Waals surface area contributed by atoms with E-state index < -0.39 is 0 Å². The molecule has 0 spiro atoms. The van der Waals surface area contributed by atoms with Crippen molar-refractivity contribution in [2.24, 2.45) is 5.92 Å². The lowest BCUT2D eigenvalue weighted by Crippen LogP contribution is -2.40. The number of hydrogen-bond donors (Lipinski definition) is 2. The molecule has 2 N–H and O–H groups in total. The highest BCUT2D eigenvalue weighted by Crippen LogP contribution is 2.00. The molecule has 106 valence electrons. The van der Waals surface area contributed by atoms with Crippen molar-refractivity contribution >= 4 is 11.6 Å². The third-order valence-electron chi connectivity index (χ3n) is 2.93. The highest BCUT2D eigenvalue weighted by Gasteiger charge is 2.12. The first-order chi connectivity index (χ1) is 8.93. The van der Waals surface area contributed by atoms with Crippen LogP contribution in [0.1, 0.15) is 27.7 Å². The third kappa shape index (κ3) is 4.73. The molecule has 0 aromatic carbocycles. The van der Waals surface area contributed by atoms with E-state index in [1.54, 1.807) is 6.20 Å². The van der Waals surface area contributed by atoms with Crippen LogP contribution >= 0.6 is 0 Å². The second-order valence-corrected chi connectivity index (χ2v) is 4.87. The van der Waals surface area contributed by atoms with Gasteiger partial charge in [0.25, 0.3) is 5.56 Å². The Hall–Kier alpha value is -1.85. The minimum Gasteiger partial charge on any atom is -0.384 e. The number of nitrogens with zero attached hydrogens (tertiary/aromatic N) is 2. The average molecular weight is 266 g/mol. The van der Waals surface area contributed by atoms with E-state index in [0.29, 0.717) is 11.6 Å². The van der Waals surface area contributed by atoms with E-state index in [1.807, 2.05) is 27.7 Å². The largest absolute Gasteiger partial charge is 0.384 e. The Morgan fingerprint density at radius 3 is 2.63 bits per heavy atom. The van der Waals surface area contributed by atoms with Gasteiger partial charge in [0.1, 0.15) is 6.54 Å². The van der Waals surface area contributed by atoms with Gasteiger partial charge in [-0.2, -0.15) is 5.10 Å². The Labute approximate surface area is 113 Å². The van der Waals surface area contributed by atoms with Crippen LogP contribution in [0.4, 0.5) is 5.69 Å². The molecule has 0 radical (unpaired) electrons. The van der Waals surface area contributed by atoms with Gasteiger partial charge in [-0.25, -0.2) is 4.68 Å². The topological polar surface area (TPSA) is 76.0 Å². The van der Waals surface area contributed by atoms with Crippen LogP contribution in [0.5, 0.6) is 0 Å². The monoisotopic (exact) mass is 266 g/mol. The number of anilines is 1. The molecule has 1 aromatic heterocycles. The molecule has 19 heavy (non-hydrogen) atoms. The number of carbonyl (C=O) groups is 1. The van der Waals surface area contributed by atoms with Crippen molar-refractivity contribution in [3.05, 3.63) is 22.6 Å². The van der Waals surface area contributed by atoms with Crippen LogP contribution in [0.3, 0.4) is 0 Å². The molecule has 1 rings (SSSR count). The number of rotatable bonds is 6. The van der Waals surface area contributed by atoms with Gasteiger partial charge < -0.3 is 10.6 Å². The molecule has 0 aliphatic heterocycles. The van der Waals surface area contributed by atoms with Gasteiger partial charge in [-0.1, -0.05) is 13.8 Å². The van der Waals surface area contributed by atoms with E-state index >= 15 is 0 Å². The summed E-state index contributed by atoms with van der Waals surface area (Å²) in [5, 5.41) is 9.81. The molecule has 1 heterocycles. The molecule has 1 unspecified atom stereocenters. The standard InChI is InChI=1S/C13H22N4O2/c1-5-14-11-6-13(19)17(15-7-11)8-12(18)16-10(4)9(2)3/h6-7,9-10,14H,5,8H2,1-4H3,(H,16,18). The summed E-state index contributed by atoms with van der Waals surface area (Å²) in [4.78, 5) is 23.5. The first-order valence-corrected chi connectivity index (χ1v) is 6.54. The predicted molar refractivity (Wildman–Crippen MR) is 75.1 cm³/mol. The highest BCUT2D eigenvalue weighted by atomic mass is 16.2. The van der Waals surface area contributed by atoms with E-state index in [9.17, 15) is 9.59 Å². The molecule has 0 fully saturated rings. The smallest absolute Gasteiger partial charge is 0.269 e. The van der Waals surface area contributed by atoms with Crippen molar-refractivity contribution in [3.8, 4) is 0 Å². The second kappa shape index (κ2) is 6.92. The van der Waals surface area contributed by atoms with Gasteiger partial charge in [-0.3, -0.25) is 9.59 Å². The maximum absolute atomic E-state index is 11.8. The summed E-state index contributed by atoms with van der Waals surface area (Å²) in [5.41, 5.74) is 0.380. The summed E-state index contributed by atoms with van der Waals surface area (Å²) < 4.78 is 1.16. The molecule has 6 nitrogen and oxygen atoms in total. The van der Waals surface area contributed by atoms with Crippen LogP contribution in [0, 0.1) is 5.92 Å². The number of hydrogen-bond acceptors (Lipinski definition) is 4. The van der Waals surface area contributed by atoms with Crippen molar-refractivity contribution in [3.63, 3.8) is 0 Å². The zero-order chi connectivity index (χ0) is 14.4. The normalized spacial score (nSPS) is 12.3. The van der Waals surface area contributed by atoms with Gasteiger partial charge in [0, 0.05) is 18.7 Å². The fraction of sp³-hybridized carbons (Fsp3) is 0.615. The van der Waals surface area contributed by atoms with Crippen molar-refractivity contribution in [2.75, 3.05) is 11.9 Å². The predicted octanol–water partition coefficient (Wildman–Crippen LogP) is 0.836. The Balaban J connectivity index is 2.67. The van der Waals surface area contributed by atoms with Crippen LogP contribution < -0.4 is 16.2 Å². The first kappa shape index (κ1) is 15.2. The van der Waals surface area contributed by atoms with Crippen molar-refractivity contribution in [2.45, 2.75) is 40.3 Å². The lowest BCUT2D eigenvalue weighted by molar-refractivity contribution is -0.122. The highest BCUT2D eigenvalue weighted by molar-refractivity contribution is 5.75. The molecule has 0 aliphatic rings. The van der Waals surface area contributed by atoms with Crippen LogP contribution in [0.25, 0.3) is 0 Å². The summed E-state index contributed by atoms with van der Waals surface area (Å²) in [6.45, 7) is 8.60.